The van der Waals surface area contributed by atoms with Crippen LogP contribution >= 0.6 is 0 Å². The second-order valence-electron chi connectivity index (χ2n) is 9.99. The summed E-state index contributed by atoms with van der Waals surface area (Å²) in [6, 6.07) is 16.9. The van der Waals surface area contributed by atoms with Gasteiger partial charge in [0.2, 0.25) is 0 Å². The molecule has 0 aliphatic heterocycles. The Kier molecular flexibility index (Phi) is 10.8. The van der Waals surface area contributed by atoms with Gasteiger partial charge in [0, 0.05) is 36.7 Å². The first-order valence-corrected chi connectivity index (χ1v) is 15.5. The number of nitrogens with zero attached hydrogens (tertiary/aromatic N) is 4. The fourth-order valence-electron chi connectivity index (χ4n) is 4.43. The molecular weight excluding hydrogens is 540 g/mol. The molecule has 0 fully saturated rings. The maximum Gasteiger partial charge on any atom is 0.350 e. The number of sulfonamides is 1. The highest BCUT2D eigenvalue weighted by Crippen LogP contribution is 2.18. The Labute approximate surface area is 241 Å². The van der Waals surface area contributed by atoms with Crippen molar-refractivity contribution < 1.29 is 13.5 Å². The monoisotopic (exact) mass is 578 g/mol. The van der Waals surface area contributed by atoms with Gasteiger partial charge in [0.1, 0.15) is 6.33 Å². The van der Waals surface area contributed by atoms with Crippen LogP contribution in [0.25, 0.3) is 5.69 Å². The quantitative estimate of drug-likeness (QED) is 0.171. The first kappa shape index (κ1) is 30.2. The smallest absolute Gasteiger partial charge is 0.350 e. The Morgan fingerprint density at radius 2 is 1.73 bits per heavy atom. The molecule has 11 heteroatoms. The molecule has 0 bridgehead atoms. The molecule has 10 nitrogen and oxygen atoms in total. The highest BCUT2D eigenvalue weighted by molar-refractivity contribution is 7.92. The number of aryl methyl sites for hydroxylation is 1. The topological polar surface area (TPSA) is 131 Å². The number of pyridine rings is 1. The number of benzene rings is 2. The predicted octanol–water partition coefficient (Wildman–Crippen LogP) is 4.07. The molecule has 1 atom stereocenters. The lowest BCUT2D eigenvalue weighted by Gasteiger charge is -2.12. The molecule has 0 saturated carbocycles. The molecule has 0 radical (unpaired) electrons. The highest BCUT2D eigenvalue weighted by atomic mass is 32.2. The van der Waals surface area contributed by atoms with Crippen molar-refractivity contribution in [2.45, 2.75) is 63.0 Å². The number of aliphatic hydroxyl groups excluding tert-OH is 1. The van der Waals surface area contributed by atoms with Crippen LogP contribution < -0.4 is 15.7 Å². The average molecular weight is 579 g/mol. The van der Waals surface area contributed by atoms with Crippen LogP contribution in [-0.4, -0.2) is 45.9 Å². The summed E-state index contributed by atoms with van der Waals surface area (Å²) < 4.78 is 31.4. The molecule has 41 heavy (non-hydrogen) atoms. The molecule has 0 spiro atoms. The van der Waals surface area contributed by atoms with Crippen molar-refractivity contribution in [2.75, 3.05) is 17.8 Å². The van der Waals surface area contributed by atoms with Crippen LogP contribution in [0.1, 0.15) is 56.3 Å². The van der Waals surface area contributed by atoms with Gasteiger partial charge in [0.25, 0.3) is 10.0 Å². The maximum absolute atomic E-state index is 13.0. The van der Waals surface area contributed by atoms with Crippen molar-refractivity contribution >= 4 is 15.7 Å². The van der Waals surface area contributed by atoms with E-state index in [9.17, 15) is 18.3 Å². The zero-order valence-electron chi connectivity index (χ0n) is 23.3. The van der Waals surface area contributed by atoms with Gasteiger partial charge in [0.15, 0.2) is 0 Å². The molecular formula is C30H38N6O4S. The zero-order valence-corrected chi connectivity index (χ0v) is 24.1. The van der Waals surface area contributed by atoms with Crippen molar-refractivity contribution in [3.63, 3.8) is 0 Å². The van der Waals surface area contributed by atoms with Gasteiger partial charge in [-0.25, -0.2) is 13.2 Å². The third kappa shape index (κ3) is 8.59. The zero-order chi connectivity index (χ0) is 29.1. The van der Waals surface area contributed by atoms with Gasteiger partial charge in [-0.15, -0.1) is 0 Å². The van der Waals surface area contributed by atoms with Gasteiger partial charge in [0.05, 0.1) is 16.7 Å². The normalized spacial score (nSPS) is 12.3. The summed E-state index contributed by atoms with van der Waals surface area (Å²) in [4.78, 5) is 16.8. The number of hydrogen-bond acceptors (Lipinski definition) is 7. The Morgan fingerprint density at radius 1 is 0.976 bits per heavy atom. The molecule has 218 valence electrons. The van der Waals surface area contributed by atoms with Gasteiger partial charge in [-0.05, 0) is 67.4 Å². The number of unbranched alkanes of at least 4 members (excludes halogenated alkanes) is 4. The summed E-state index contributed by atoms with van der Waals surface area (Å²) in [5.41, 5.74) is 2.51. The van der Waals surface area contributed by atoms with E-state index >= 15 is 0 Å². The second-order valence-corrected chi connectivity index (χ2v) is 11.7. The molecule has 2 heterocycles. The van der Waals surface area contributed by atoms with E-state index in [4.69, 9.17) is 0 Å². The van der Waals surface area contributed by atoms with E-state index in [1.54, 1.807) is 47.3 Å². The predicted molar refractivity (Wildman–Crippen MR) is 160 cm³/mol. The highest BCUT2D eigenvalue weighted by Gasteiger charge is 2.15. The van der Waals surface area contributed by atoms with Gasteiger partial charge < -0.3 is 10.4 Å². The number of aromatic nitrogens is 4. The molecule has 1 unspecified atom stereocenters. The summed E-state index contributed by atoms with van der Waals surface area (Å²) in [6.07, 6.45) is 10.5. The van der Waals surface area contributed by atoms with E-state index in [-0.39, 0.29) is 10.6 Å². The molecule has 4 rings (SSSR count). The molecule has 0 aliphatic rings. The minimum absolute atomic E-state index is 0.0881. The molecule has 0 aliphatic carbocycles. The summed E-state index contributed by atoms with van der Waals surface area (Å²) >= 11 is 0. The molecule has 2 aromatic carbocycles. The van der Waals surface area contributed by atoms with Crippen molar-refractivity contribution in [1.82, 2.24) is 24.6 Å². The summed E-state index contributed by atoms with van der Waals surface area (Å²) in [6.45, 7) is 3.86. The van der Waals surface area contributed by atoms with Gasteiger partial charge in [-0.2, -0.15) is 9.78 Å². The Bertz CT molecular complexity index is 1520. The Hall–Kier alpha value is -3.80. The lowest BCUT2D eigenvalue weighted by atomic mass is 10.1. The molecule has 4 aromatic rings. The fourth-order valence-corrected chi connectivity index (χ4v) is 5.49. The summed E-state index contributed by atoms with van der Waals surface area (Å²) in [5, 5.41) is 17.6. The Morgan fingerprint density at radius 3 is 2.44 bits per heavy atom. The van der Waals surface area contributed by atoms with Crippen LogP contribution in [0.3, 0.4) is 0 Å². The van der Waals surface area contributed by atoms with Crippen LogP contribution in [0, 0.1) is 0 Å². The number of anilines is 1. The number of aliphatic hydroxyl groups is 1. The van der Waals surface area contributed by atoms with Crippen LogP contribution in [-0.2, 0) is 23.0 Å². The van der Waals surface area contributed by atoms with E-state index in [1.165, 1.54) is 36.0 Å². The fraction of sp³-hybridized carbons (Fsp3) is 0.367. The summed E-state index contributed by atoms with van der Waals surface area (Å²) in [7, 11) is -3.81. The number of rotatable bonds is 16. The molecule has 2 aromatic heterocycles. The van der Waals surface area contributed by atoms with Crippen LogP contribution in [0.15, 0.2) is 89.1 Å². The summed E-state index contributed by atoms with van der Waals surface area (Å²) in [5.74, 6) is 0. The SMILES string of the molecule is CCCCCCCn1cnn(-c2ccc(S(=O)(=O)Nc3ccc(CCNCC(O)c4cccnc4)cc3)cc2)c1=O. The third-order valence-corrected chi connectivity index (χ3v) is 8.23. The van der Waals surface area contributed by atoms with E-state index in [0.717, 1.165) is 36.8 Å². The Balaban J connectivity index is 1.27. The van der Waals surface area contributed by atoms with E-state index < -0.39 is 16.1 Å². The number of hydrogen-bond donors (Lipinski definition) is 3. The van der Waals surface area contributed by atoms with Gasteiger partial charge in [-0.3, -0.25) is 14.3 Å². The van der Waals surface area contributed by atoms with Crippen molar-refractivity contribution in [2.24, 2.45) is 0 Å². The second kappa shape index (κ2) is 14.7. The first-order chi connectivity index (χ1) is 19.9. The lowest BCUT2D eigenvalue weighted by molar-refractivity contribution is 0.174. The van der Waals surface area contributed by atoms with E-state index in [0.29, 0.717) is 31.0 Å². The average Bonchev–Trinajstić information content (AvgIpc) is 3.36. The number of nitrogens with one attached hydrogen (secondary N) is 2. The maximum atomic E-state index is 13.0. The molecule has 0 amide bonds. The van der Waals surface area contributed by atoms with Gasteiger partial charge >= 0.3 is 5.69 Å². The first-order valence-electron chi connectivity index (χ1n) is 14.0. The van der Waals surface area contributed by atoms with E-state index in [1.807, 2.05) is 18.2 Å². The lowest BCUT2D eigenvalue weighted by Crippen LogP contribution is -2.24. The van der Waals surface area contributed by atoms with Crippen molar-refractivity contribution in [1.29, 1.82) is 0 Å². The van der Waals surface area contributed by atoms with Crippen LogP contribution in [0.5, 0.6) is 0 Å². The standard InChI is InChI=1S/C30H38N6O4S/c1-2-3-4-5-6-20-35-23-33-36(30(35)38)27-13-15-28(16-14-27)41(39,40)34-26-11-9-24(10-12-26)17-19-32-22-29(37)25-8-7-18-31-21-25/h7-16,18,21,23,29,32,34,37H,2-6,17,19-20,22H2,1H3. The van der Waals surface area contributed by atoms with Crippen LogP contribution in [0.2, 0.25) is 0 Å². The van der Waals surface area contributed by atoms with Crippen LogP contribution in [0.4, 0.5) is 5.69 Å². The van der Waals surface area contributed by atoms with Crippen molar-refractivity contribution in [3.05, 3.63) is 101 Å². The van der Waals surface area contributed by atoms with Gasteiger partial charge in [-0.1, -0.05) is 50.8 Å². The molecule has 3 N–H and O–H groups in total. The van der Waals surface area contributed by atoms with E-state index in [2.05, 4.69) is 27.0 Å². The van der Waals surface area contributed by atoms with Crippen molar-refractivity contribution in [3.8, 4) is 5.69 Å². The largest absolute Gasteiger partial charge is 0.387 e. The third-order valence-electron chi connectivity index (χ3n) is 6.83. The minimum atomic E-state index is -3.81. The minimum Gasteiger partial charge on any atom is -0.387 e. The molecule has 0 saturated heterocycles.